The van der Waals surface area contributed by atoms with Crippen LogP contribution in [0.15, 0.2) is 18.2 Å². The lowest BCUT2D eigenvalue weighted by Crippen LogP contribution is -2.41. The van der Waals surface area contributed by atoms with Crippen molar-refractivity contribution < 1.29 is 28.0 Å². The summed E-state index contributed by atoms with van der Waals surface area (Å²) in [5.41, 5.74) is -0.458. The zero-order valence-electron chi connectivity index (χ0n) is 14.2. The van der Waals surface area contributed by atoms with Crippen LogP contribution in [0.25, 0.3) is 11.0 Å². The van der Waals surface area contributed by atoms with Crippen LogP contribution in [0, 0.1) is 0 Å². The molecule has 3 rings (SSSR count). The lowest BCUT2D eigenvalue weighted by Gasteiger charge is -2.32. The SMILES string of the molecule is CC1(C)OB(c2cccc3c2nc(NC(=O)O)n3C(F)F)OC1(C)C. The van der Waals surface area contributed by atoms with Gasteiger partial charge in [0, 0.05) is 5.46 Å². The molecule has 134 valence electrons. The highest BCUT2D eigenvalue weighted by Gasteiger charge is 2.52. The Morgan fingerprint density at radius 2 is 1.88 bits per heavy atom. The summed E-state index contributed by atoms with van der Waals surface area (Å²) >= 11 is 0. The summed E-state index contributed by atoms with van der Waals surface area (Å²) in [6.07, 6.45) is -1.48. The lowest BCUT2D eigenvalue weighted by atomic mass is 9.78. The van der Waals surface area contributed by atoms with E-state index >= 15 is 0 Å². The van der Waals surface area contributed by atoms with Crippen molar-refractivity contribution in [1.82, 2.24) is 9.55 Å². The molecular weight excluding hydrogens is 335 g/mol. The molecule has 0 saturated carbocycles. The van der Waals surface area contributed by atoms with Crippen molar-refractivity contribution in [1.29, 1.82) is 0 Å². The van der Waals surface area contributed by atoms with Crippen molar-refractivity contribution >= 4 is 35.7 Å². The van der Waals surface area contributed by atoms with Crippen LogP contribution in [0.4, 0.5) is 19.5 Å². The predicted octanol–water partition coefficient (Wildman–Crippen LogP) is 2.82. The molecule has 2 N–H and O–H groups in total. The fraction of sp³-hybridized carbons (Fsp3) is 0.467. The van der Waals surface area contributed by atoms with Crippen LogP contribution in [0.1, 0.15) is 34.2 Å². The zero-order chi connectivity index (χ0) is 18.6. The predicted molar refractivity (Wildman–Crippen MR) is 88.3 cm³/mol. The molecule has 1 saturated heterocycles. The second-order valence-corrected chi connectivity index (χ2v) is 6.82. The maximum atomic E-state index is 13.4. The number of carboxylic acid groups (broad SMARTS) is 1. The maximum absolute atomic E-state index is 13.4. The number of fused-ring (bicyclic) bond motifs is 1. The van der Waals surface area contributed by atoms with Crippen molar-refractivity contribution in [2.75, 3.05) is 5.32 Å². The van der Waals surface area contributed by atoms with Gasteiger partial charge in [0.1, 0.15) is 0 Å². The smallest absolute Gasteiger partial charge is 0.465 e. The van der Waals surface area contributed by atoms with E-state index in [4.69, 9.17) is 14.4 Å². The van der Waals surface area contributed by atoms with Gasteiger partial charge in [0.2, 0.25) is 5.95 Å². The number of nitrogens with zero attached hydrogens (tertiary/aromatic N) is 2. The van der Waals surface area contributed by atoms with Crippen LogP contribution in [0.2, 0.25) is 0 Å². The average Bonchev–Trinajstić information content (AvgIpc) is 2.91. The molecule has 1 amide bonds. The van der Waals surface area contributed by atoms with Gasteiger partial charge in [-0.15, -0.1) is 0 Å². The molecule has 0 bridgehead atoms. The highest BCUT2D eigenvalue weighted by atomic mass is 19.3. The van der Waals surface area contributed by atoms with Gasteiger partial charge in [0.15, 0.2) is 0 Å². The topological polar surface area (TPSA) is 85.6 Å². The Kier molecular flexibility index (Phi) is 4.00. The van der Waals surface area contributed by atoms with E-state index in [1.165, 1.54) is 6.07 Å². The summed E-state index contributed by atoms with van der Waals surface area (Å²) < 4.78 is 39.3. The van der Waals surface area contributed by atoms with Crippen molar-refractivity contribution in [2.24, 2.45) is 0 Å². The van der Waals surface area contributed by atoms with E-state index in [1.54, 1.807) is 12.1 Å². The Morgan fingerprint density at radius 3 is 2.40 bits per heavy atom. The van der Waals surface area contributed by atoms with Gasteiger partial charge in [-0.05, 0) is 33.8 Å². The first-order valence-corrected chi connectivity index (χ1v) is 7.68. The Balaban J connectivity index is 2.14. The van der Waals surface area contributed by atoms with E-state index in [1.807, 2.05) is 33.0 Å². The van der Waals surface area contributed by atoms with Crippen LogP contribution >= 0.6 is 0 Å². The number of nitrogens with one attached hydrogen (secondary N) is 1. The summed E-state index contributed by atoms with van der Waals surface area (Å²) in [6, 6.07) is 4.68. The summed E-state index contributed by atoms with van der Waals surface area (Å²) in [7, 11) is -0.799. The Bertz CT molecular complexity index is 822. The highest BCUT2D eigenvalue weighted by Crippen LogP contribution is 2.37. The number of hydrogen-bond donors (Lipinski definition) is 2. The minimum atomic E-state index is -2.96. The van der Waals surface area contributed by atoms with Crippen molar-refractivity contribution in [3.63, 3.8) is 0 Å². The molecule has 10 heteroatoms. The molecule has 1 aromatic carbocycles. The minimum Gasteiger partial charge on any atom is -0.465 e. The summed E-state index contributed by atoms with van der Waals surface area (Å²) in [6.45, 7) is 4.55. The van der Waals surface area contributed by atoms with Crippen molar-refractivity contribution in [2.45, 2.75) is 45.4 Å². The Hall–Kier alpha value is -2.20. The number of hydrogen-bond acceptors (Lipinski definition) is 4. The lowest BCUT2D eigenvalue weighted by molar-refractivity contribution is 0.00578. The Morgan fingerprint density at radius 1 is 1.28 bits per heavy atom. The number of carbonyl (C=O) groups is 1. The van der Waals surface area contributed by atoms with E-state index in [-0.39, 0.29) is 11.0 Å². The Labute approximate surface area is 143 Å². The summed E-state index contributed by atoms with van der Waals surface area (Å²) in [4.78, 5) is 14.9. The van der Waals surface area contributed by atoms with E-state index in [2.05, 4.69) is 4.98 Å². The largest absolute Gasteiger partial charge is 0.497 e. The minimum absolute atomic E-state index is 0.0889. The maximum Gasteiger partial charge on any atom is 0.497 e. The van der Waals surface area contributed by atoms with E-state index < -0.39 is 36.9 Å². The number of benzene rings is 1. The van der Waals surface area contributed by atoms with Gasteiger partial charge >= 0.3 is 19.8 Å². The molecule has 1 aliphatic heterocycles. The first kappa shape index (κ1) is 17.6. The van der Waals surface area contributed by atoms with E-state index in [0.717, 1.165) is 0 Å². The van der Waals surface area contributed by atoms with Crippen LogP contribution in [0.3, 0.4) is 0 Å². The molecule has 7 nitrogen and oxygen atoms in total. The van der Waals surface area contributed by atoms with Gasteiger partial charge in [-0.1, -0.05) is 12.1 Å². The number of anilines is 1. The number of halogens is 2. The zero-order valence-corrected chi connectivity index (χ0v) is 14.2. The molecule has 2 heterocycles. The van der Waals surface area contributed by atoms with Crippen LogP contribution < -0.4 is 10.8 Å². The molecule has 0 radical (unpaired) electrons. The van der Waals surface area contributed by atoms with Crippen molar-refractivity contribution in [3.05, 3.63) is 18.2 Å². The fourth-order valence-electron chi connectivity index (χ4n) is 2.68. The first-order valence-electron chi connectivity index (χ1n) is 7.68. The first-order chi connectivity index (χ1) is 11.5. The molecule has 1 aliphatic rings. The average molecular weight is 353 g/mol. The van der Waals surface area contributed by atoms with E-state index in [9.17, 15) is 13.6 Å². The van der Waals surface area contributed by atoms with Crippen LogP contribution in [-0.4, -0.2) is 39.1 Å². The number of rotatable bonds is 3. The van der Waals surface area contributed by atoms with Crippen molar-refractivity contribution in [3.8, 4) is 0 Å². The van der Waals surface area contributed by atoms with Gasteiger partial charge in [-0.2, -0.15) is 8.78 Å². The molecule has 25 heavy (non-hydrogen) atoms. The molecule has 0 aliphatic carbocycles. The third-order valence-electron chi connectivity index (χ3n) is 4.67. The van der Waals surface area contributed by atoms with Gasteiger partial charge in [-0.25, -0.2) is 9.78 Å². The van der Waals surface area contributed by atoms with Gasteiger partial charge < -0.3 is 14.4 Å². The third kappa shape index (κ3) is 2.85. The molecule has 1 aromatic heterocycles. The number of aromatic nitrogens is 2. The second kappa shape index (κ2) is 5.67. The standard InChI is InChI=1S/C15H18BF2N3O4/c1-14(2)15(3,4)25-16(24-14)8-6-5-7-9-10(8)19-12(20-13(22)23)21(9)11(17)18/h5-7,11H,1-4H3,(H,19,20)(H,22,23). The number of imidazole rings is 1. The molecule has 0 spiro atoms. The van der Waals surface area contributed by atoms with Crippen LogP contribution in [0.5, 0.6) is 0 Å². The number of amides is 1. The third-order valence-corrected chi connectivity index (χ3v) is 4.67. The van der Waals surface area contributed by atoms with E-state index in [0.29, 0.717) is 10.0 Å². The van der Waals surface area contributed by atoms with Gasteiger partial charge in [0.25, 0.3) is 0 Å². The highest BCUT2D eigenvalue weighted by molar-refractivity contribution is 6.64. The van der Waals surface area contributed by atoms with Gasteiger partial charge in [-0.3, -0.25) is 9.88 Å². The molecule has 0 unspecified atom stereocenters. The molecule has 0 atom stereocenters. The second-order valence-electron chi connectivity index (χ2n) is 6.82. The normalized spacial score (nSPS) is 18.9. The fourth-order valence-corrected chi connectivity index (χ4v) is 2.68. The molecule has 1 fully saturated rings. The molecule has 2 aromatic rings. The van der Waals surface area contributed by atoms with Crippen LogP contribution in [-0.2, 0) is 9.31 Å². The summed E-state index contributed by atoms with van der Waals surface area (Å²) in [5, 5.41) is 10.8. The molecular formula is C15H18BF2N3O4. The quantitative estimate of drug-likeness (QED) is 0.829. The summed E-state index contributed by atoms with van der Waals surface area (Å²) in [5.74, 6) is -0.457. The number of para-hydroxylation sites is 1. The van der Waals surface area contributed by atoms with Gasteiger partial charge in [0.05, 0.1) is 22.2 Å². The number of alkyl halides is 2. The monoisotopic (exact) mass is 353 g/mol.